The molecule has 22 heavy (non-hydrogen) atoms. The largest absolute Gasteiger partial charge is 0.367 e. The van der Waals surface area contributed by atoms with Crippen LogP contribution in [0.4, 0.5) is 4.39 Å². The van der Waals surface area contributed by atoms with E-state index in [9.17, 15) is 9.18 Å². The molecule has 0 spiro atoms. The average Bonchev–Trinajstić information content (AvgIpc) is 2.51. The van der Waals surface area contributed by atoms with E-state index in [0.29, 0.717) is 23.6 Å². The number of carbonyl (C=O) groups is 1. The molecule has 0 fully saturated rings. The van der Waals surface area contributed by atoms with Gasteiger partial charge < -0.3 is 10.1 Å². The first-order valence-corrected chi connectivity index (χ1v) is 7.29. The highest BCUT2D eigenvalue weighted by Crippen LogP contribution is 2.17. The van der Waals surface area contributed by atoms with Crippen LogP contribution in [-0.4, -0.2) is 19.6 Å². The Balaban J connectivity index is 1.92. The molecule has 2 aromatic carbocycles. The molecule has 0 unspecified atom stereocenters. The molecular weight excluding hydrogens is 305 g/mol. The summed E-state index contributed by atoms with van der Waals surface area (Å²) in [6.07, 6.45) is -0.281. The van der Waals surface area contributed by atoms with Crippen molar-refractivity contribution < 1.29 is 13.9 Å². The van der Waals surface area contributed by atoms with Crippen molar-refractivity contribution in [3.05, 3.63) is 70.5 Å². The molecule has 2 aromatic rings. The molecule has 3 nitrogen and oxygen atoms in total. The van der Waals surface area contributed by atoms with E-state index < -0.39 is 6.10 Å². The Morgan fingerprint density at radius 1 is 1.27 bits per heavy atom. The molecule has 5 heteroatoms. The third kappa shape index (κ3) is 4.29. The fourth-order valence-electron chi connectivity index (χ4n) is 2.16. The van der Waals surface area contributed by atoms with E-state index in [4.69, 9.17) is 16.3 Å². The van der Waals surface area contributed by atoms with Crippen molar-refractivity contribution in [1.82, 2.24) is 5.32 Å². The van der Waals surface area contributed by atoms with Crippen molar-refractivity contribution in [2.75, 3.05) is 13.7 Å². The van der Waals surface area contributed by atoms with Gasteiger partial charge in [0.1, 0.15) is 5.82 Å². The van der Waals surface area contributed by atoms with Crippen molar-refractivity contribution in [3.63, 3.8) is 0 Å². The van der Waals surface area contributed by atoms with Crippen LogP contribution in [-0.2, 0) is 16.0 Å². The van der Waals surface area contributed by atoms with Crippen LogP contribution < -0.4 is 5.32 Å². The van der Waals surface area contributed by atoms with E-state index >= 15 is 0 Å². The topological polar surface area (TPSA) is 38.3 Å². The third-order valence-electron chi connectivity index (χ3n) is 3.28. The second-order valence-corrected chi connectivity index (χ2v) is 5.24. The summed E-state index contributed by atoms with van der Waals surface area (Å²) in [5, 5.41) is 3.11. The first-order chi connectivity index (χ1) is 10.6. The summed E-state index contributed by atoms with van der Waals surface area (Å²) in [5.41, 5.74) is 1.29. The number of ether oxygens (including phenoxy) is 1. The van der Waals surface area contributed by atoms with Crippen molar-refractivity contribution in [2.45, 2.75) is 12.5 Å². The average molecular weight is 322 g/mol. The molecule has 0 aliphatic rings. The van der Waals surface area contributed by atoms with E-state index in [-0.39, 0.29) is 11.7 Å². The van der Waals surface area contributed by atoms with Gasteiger partial charge in [-0.05, 0) is 29.7 Å². The van der Waals surface area contributed by atoms with Gasteiger partial charge in [0.2, 0.25) is 0 Å². The number of amides is 1. The van der Waals surface area contributed by atoms with Gasteiger partial charge in [0.15, 0.2) is 6.10 Å². The van der Waals surface area contributed by atoms with E-state index in [1.165, 1.54) is 13.2 Å². The van der Waals surface area contributed by atoms with Crippen LogP contribution in [0.25, 0.3) is 0 Å². The van der Waals surface area contributed by atoms with Crippen molar-refractivity contribution in [1.29, 1.82) is 0 Å². The highest BCUT2D eigenvalue weighted by atomic mass is 35.5. The Labute approximate surface area is 134 Å². The van der Waals surface area contributed by atoms with Gasteiger partial charge in [-0.3, -0.25) is 4.79 Å². The Hall–Kier alpha value is -1.91. The first-order valence-electron chi connectivity index (χ1n) is 6.91. The van der Waals surface area contributed by atoms with Gasteiger partial charge in [0.05, 0.1) is 0 Å². The maximum atomic E-state index is 13.6. The zero-order valence-electron chi connectivity index (χ0n) is 12.2. The molecule has 0 heterocycles. The second kappa shape index (κ2) is 7.92. The van der Waals surface area contributed by atoms with Gasteiger partial charge in [0, 0.05) is 18.7 Å². The predicted molar refractivity (Wildman–Crippen MR) is 84.3 cm³/mol. The van der Waals surface area contributed by atoms with Crippen LogP contribution in [0.2, 0.25) is 5.02 Å². The van der Waals surface area contributed by atoms with E-state index in [1.807, 2.05) is 30.3 Å². The van der Waals surface area contributed by atoms with Crippen molar-refractivity contribution >= 4 is 17.5 Å². The predicted octanol–water partition coefficient (Wildman–Crippen LogP) is 3.53. The van der Waals surface area contributed by atoms with Gasteiger partial charge in [-0.15, -0.1) is 0 Å². The Morgan fingerprint density at radius 3 is 2.64 bits per heavy atom. The number of halogens is 2. The van der Waals surface area contributed by atoms with Crippen LogP contribution in [0.1, 0.15) is 17.2 Å². The van der Waals surface area contributed by atoms with Crippen molar-refractivity contribution in [3.8, 4) is 0 Å². The van der Waals surface area contributed by atoms with Gasteiger partial charge in [-0.2, -0.15) is 0 Å². The summed E-state index contributed by atoms with van der Waals surface area (Å²) in [7, 11) is 1.48. The molecule has 0 aromatic heterocycles. The summed E-state index contributed by atoms with van der Waals surface area (Å²) in [6.45, 7) is 0.323. The maximum Gasteiger partial charge on any atom is 0.253 e. The normalized spacial score (nSPS) is 12.0. The van der Waals surface area contributed by atoms with Crippen molar-refractivity contribution in [2.24, 2.45) is 0 Å². The van der Waals surface area contributed by atoms with Crippen LogP contribution in [0.15, 0.2) is 48.5 Å². The summed E-state index contributed by atoms with van der Waals surface area (Å²) in [5.74, 6) is -0.615. The van der Waals surface area contributed by atoms with Gasteiger partial charge >= 0.3 is 0 Å². The third-order valence-corrected chi connectivity index (χ3v) is 3.52. The number of hydrogen-bond acceptors (Lipinski definition) is 2. The summed E-state index contributed by atoms with van der Waals surface area (Å²) >= 11 is 5.70. The summed E-state index contributed by atoms with van der Waals surface area (Å²) < 4.78 is 18.9. The Kier molecular flexibility index (Phi) is 5.92. The number of hydrogen-bond donors (Lipinski definition) is 1. The van der Waals surface area contributed by atoms with Gasteiger partial charge in [-0.25, -0.2) is 4.39 Å². The molecule has 0 aliphatic heterocycles. The fraction of sp³-hybridized carbons (Fsp3) is 0.235. The lowest BCUT2D eigenvalue weighted by Gasteiger charge is -2.15. The zero-order chi connectivity index (χ0) is 15.9. The molecule has 0 saturated carbocycles. The lowest BCUT2D eigenvalue weighted by molar-refractivity contribution is -0.131. The molecule has 0 aliphatic carbocycles. The molecular formula is C17H17ClFNO2. The minimum atomic E-state index is -0.670. The van der Waals surface area contributed by atoms with E-state index in [1.54, 1.807) is 12.1 Å². The Bertz CT molecular complexity index is 634. The first kappa shape index (κ1) is 16.5. The molecule has 0 bridgehead atoms. The van der Waals surface area contributed by atoms with Gasteiger partial charge in [0.25, 0.3) is 5.91 Å². The number of methoxy groups -OCH3 is 1. The van der Waals surface area contributed by atoms with E-state index in [0.717, 1.165) is 5.56 Å². The number of rotatable bonds is 6. The Morgan fingerprint density at radius 2 is 2.00 bits per heavy atom. The van der Waals surface area contributed by atoms with Crippen LogP contribution in [0, 0.1) is 5.82 Å². The number of nitrogens with one attached hydrogen (secondary N) is 1. The smallest absolute Gasteiger partial charge is 0.253 e. The molecule has 0 radical (unpaired) electrons. The standard InChI is InChI=1S/C17H17ClFNO2/c1-22-16(13-5-3-2-4-6-13)17(21)20-10-9-12-7-8-14(18)11-15(12)19/h2-8,11,16H,9-10H2,1H3,(H,20,21)/t16-/m1/s1. The monoisotopic (exact) mass is 321 g/mol. The van der Waals surface area contributed by atoms with Crippen LogP contribution in [0.5, 0.6) is 0 Å². The van der Waals surface area contributed by atoms with Gasteiger partial charge in [-0.1, -0.05) is 48.0 Å². The zero-order valence-corrected chi connectivity index (χ0v) is 12.9. The quantitative estimate of drug-likeness (QED) is 0.884. The molecule has 1 amide bonds. The highest BCUT2D eigenvalue weighted by Gasteiger charge is 2.19. The van der Waals surface area contributed by atoms with Crippen LogP contribution in [0.3, 0.4) is 0 Å². The number of benzene rings is 2. The minimum Gasteiger partial charge on any atom is -0.367 e. The number of carbonyl (C=O) groups excluding carboxylic acids is 1. The molecule has 0 saturated heterocycles. The lowest BCUT2D eigenvalue weighted by atomic mass is 10.1. The van der Waals surface area contributed by atoms with E-state index in [2.05, 4.69) is 5.32 Å². The lowest BCUT2D eigenvalue weighted by Crippen LogP contribution is -2.32. The maximum absolute atomic E-state index is 13.6. The fourth-order valence-corrected chi connectivity index (χ4v) is 2.32. The summed E-state index contributed by atoms with van der Waals surface area (Å²) in [6, 6.07) is 13.7. The molecule has 1 atom stereocenters. The molecule has 2 rings (SSSR count). The highest BCUT2D eigenvalue weighted by molar-refractivity contribution is 6.30. The van der Waals surface area contributed by atoms with Crippen LogP contribution >= 0.6 is 11.6 Å². The minimum absolute atomic E-state index is 0.247. The molecule has 116 valence electrons. The summed E-state index contributed by atoms with van der Waals surface area (Å²) in [4.78, 5) is 12.2. The second-order valence-electron chi connectivity index (χ2n) is 4.80. The molecule has 1 N–H and O–H groups in total. The SMILES string of the molecule is CO[C@@H](C(=O)NCCc1ccc(Cl)cc1F)c1ccccc1.